The lowest BCUT2D eigenvalue weighted by molar-refractivity contribution is -0.118. The highest BCUT2D eigenvalue weighted by Gasteiger charge is 2.67. The highest BCUT2D eigenvalue weighted by Crippen LogP contribution is 2.69. The van der Waals surface area contributed by atoms with Crippen LogP contribution in [-0.2, 0) is 4.79 Å². The van der Waals surface area contributed by atoms with Gasteiger partial charge in [0.25, 0.3) is 0 Å². The Labute approximate surface area is 116 Å². The number of nitrogens with one attached hydrogen (secondary N) is 1. The van der Waals surface area contributed by atoms with Gasteiger partial charge in [-0.2, -0.15) is 0 Å². The van der Waals surface area contributed by atoms with Gasteiger partial charge in [-0.3, -0.25) is 4.79 Å². The number of hydrogen-bond acceptors (Lipinski definition) is 3. The van der Waals surface area contributed by atoms with E-state index >= 15 is 0 Å². The number of aromatic nitrogens is 1. The fourth-order valence-electron chi connectivity index (χ4n) is 4.50. The van der Waals surface area contributed by atoms with Crippen molar-refractivity contribution in [1.29, 1.82) is 0 Å². The van der Waals surface area contributed by atoms with Crippen molar-refractivity contribution >= 4 is 17.6 Å². The predicted octanol–water partition coefficient (Wildman–Crippen LogP) is 2.01. The Balaban J connectivity index is 1.42. The first-order chi connectivity index (χ1) is 9.65. The van der Waals surface area contributed by atoms with Gasteiger partial charge in [0.15, 0.2) is 0 Å². The fraction of sp³-hybridized carbons (Fsp3) is 0.533. The normalized spacial score (nSPS) is 36.5. The van der Waals surface area contributed by atoms with Gasteiger partial charge in [0.1, 0.15) is 5.69 Å². The number of fused-ring (bicyclic) bond motifs is 5. The highest BCUT2D eigenvalue weighted by atomic mass is 16.4. The Morgan fingerprint density at radius 1 is 1.20 bits per heavy atom. The van der Waals surface area contributed by atoms with E-state index in [1.165, 1.54) is 31.5 Å². The van der Waals surface area contributed by atoms with Crippen molar-refractivity contribution in [3.63, 3.8) is 0 Å². The molecule has 0 saturated heterocycles. The van der Waals surface area contributed by atoms with E-state index < -0.39 is 5.97 Å². The first-order valence-corrected chi connectivity index (χ1v) is 7.15. The van der Waals surface area contributed by atoms with Gasteiger partial charge >= 0.3 is 5.97 Å². The molecular formula is C15H16N2O3. The van der Waals surface area contributed by atoms with Crippen LogP contribution in [0.15, 0.2) is 18.3 Å². The van der Waals surface area contributed by atoms with Gasteiger partial charge in [0, 0.05) is 5.92 Å². The Hall–Kier alpha value is -1.91. The molecule has 20 heavy (non-hydrogen) atoms. The van der Waals surface area contributed by atoms with Crippen LogP contribution in [-0.4, -0.2) is 22.0 Å². The molecule has 1 amide bonds. The summed E-state index contributed by atoms with van der Waals surface area (Å²) in [4.78, 5) is 26.8. The van der Waals surface area contributed by atoms with E-state index in [2.05, 4.69) is 10.3 Å². The third-order valence-electron chi connectivity index (χ3n) is 5.29. The summed E-state index contributed by atoms with van der Waals surface area (Å²) in [6.07, 6.45) is 5.33. The van der Waals surface area contributed by atoms with E-state index in [1.807, 2.05) is 0 Å². The maximum Gasteiger partial charge on any atom is 0.354 e. The van der Waals surface area contributed by atoms with E-state index in [0.29, 0.717) is 17.5 Å². The zero-order valence-corrected chi connectivity index (χ0v) is 11.0. The smallest absolute Gasteiger partial charge is 0.354 e. The number of carboxylic acids is 1. The van der Waals surface area contributed by atoms with Crippen molar-refractivity contribution in [2.75, 3.05) is 5.32 Å². The second-order valence-electron chi connectivity index (χ2n) is 6.24. The predicted molar refractivity (Wildman–Crippen MR) is 71.1 cm³/mol. The molecule has 0 aromatic carbocycles. The minimum absolute atomic E-state index is 0.00988. The number of amides is 1. The topological polar surface area (TPSA) is 79.3 Å². The zero-order valence-electron chi connectivity index (χ0n) is 11.0. The molecule has 3 aliphatic carbocycles. The molecule has 5 heteroatoms. The molecule has 0 radical (unpaired) electrons. The number of hydrogen-bond donors (Lipinski definition) is 2. The van der Waals surface area contributed by atoms with E-state index in [9.17, 15) is 9.59 Å². The van der Waals surface area contributed by atoms with Crippen LogP contribution in [0.25, 0.3) is 0 Å². The largest absolute Gasteiger partial charge is 0.477 e. The summed E-state index contributed by atoms with van der Waals surface area (Å²) < 4.78 is 0. The standard InChI is InChI=1S/C15H16N2O3/c18-14(13-11-7-1-2-8(5-7)12(11)13)17-9-3-4-10(15(19)20)16-6-9/h3-4,6-8,11-13H,1-2,5H2,(H,17,18)(H,19,20). The maximum atomic E-state index is 12.3. The molecule has 3 saturated carbocycles. The number of carbonyl (C=O) groups is 2. The average molecular weight is 272 g/mol. The molecule has 5 nitrogen and oxygen atoms in total. The molecule has 0 spiro atoms. The molecule has 1 aromatic rings. The molecule has 0 aliphatic heterocycles. The van der Waals surface area contributed by atoms with Crippen LogP contribution >= 0.6 is 0 Å². The summed E-state index contributed by atoms with van der Waals surface area (Å²) in [7, 11) is 0. The number of aromatic carboxylic acids is 1. The van der Waals surface area contributed by atoms with Crippen LogP contribution in [0.5, 0.6) is 0 Å². The minimum Gasteiger partial charge on any atom is -0.477 e. The summed E-state index contributed by atoms with van der Waals surface area (Å²) in [5, 5.41) is 11.7. The van der Waals surface area contributed by atoms with Crippen LogP contribution in [0.3, 0.4) is 0 Å². The molecule has 3 aliphatic rings. The zero-order chi connectivity index (χ0) is 13.9. The minimum atomic E-state index is -1.06. The number of carboxylic acid groups (broad SMARTS) is 1. The van der Waals surface area contributed by atoms with Crippen molar-refractivity contribution in [2.45, 2.75) is 19.3 Å². The van der Waals surface area contributed by atoms with Crippen molar-refractivity contribution in [3.05, 3.63) is 24.0 Å². The average Bonchev–Trinajstić information content (AvgIpc) is 2.89. The van der Waals surface area contributed by atoms with Crippen LogP contribution in [0.4, 0.5) is 5.69 Å². The molecule has 104 valence electrons. The molecule has 1 heterocycles. The number of carbonyl (C=O) groups excluding carboxylic acids is 1. The van der Waals surface area contributed by atoms with Crippen molar-refractivity contribution in [3.8, 4) is 0 Å². The van der Waals surface area contributed by atoms with E-state index in [-0.39, 0.29) is 17.5 Å². The van der Waals surface area contributed by atoms with E-state index in [0.717, 1.165) is 11.8 Å². The fourth-order valence-corrected chi connectivity index (χ4v) is 4.50. The maximum absolute atomic E-state index is 12.3. The first-order valence-electron chi connectivity index (χ1n) is 7.15. The van der Waals surface area contributed by atoms with Crippen LogP contribution in [0, 0.1) is 29.6 Å². The summed E-state index contributed by atoms with van der Waals surface area (Å²) in [6, 6.07) is 3.01. The van der Waals surface area contributed by atoms with Crippen molar-refractivity contribution in [2.24, 2.45) is 29.6 Å². The number of anilines is 1. The Bertz CT molecular complexity index is 567. The lowest BCUT2D eigenvalue weighted by atomic mass is 10.0. The van der Waals surface area contributed by atoms with Gasteiger partial charge < -0.3 is 10.4 Å². The lowest BCUT2D eigenvalue weighted by Crippen LogP contribution is -2.18. The quantitative estimate of drug-likeness (QED) is 0.882. The summed E-state index contributed by atoms with van der Waals surface area (Å²) in [5.41, 5.74) is 0.571. The van der Waals surface area contributed by atoms with Gasteiger partial charge in [0.2, 0.25) is 5.91 Å². The van der Waals surface area contributed by atoms with Gasteiger partial charge in [-0.25, -0.2) is 9.78 Å². The Morgan fingerprint density at radius 3 is 2.45 bits per heavy atom. The number of nitrogens with zero attached hydrogens (tertiary/aromatic N) is 1. The molecule has 2 bridgehead atoms. The second kappa shape index (κ2) is 4.04. The van der Waals surface area contributed by atoms with Gasteiger partial charge in [-0.05, 0) is 55.1 Å². The van der Waals surface area contributed by atoms with Gasteiger partial charge in [-0.1, -0.05) is 0 Å². The Morgan fingerprint density at radius 2 is 1.90 bits per heavy atom. The number of pyridine rings is 1. The summed E-state index contributed by atoms with van der Waals surface area (Å²) in [5.74, 6) is 1.97. The molecule has 3 fully saturated rings. The van der Waals surface area contributed by atoms with E-state index in [4.69, 9.17) is 5.11 Å². The highest BCUT2D eigenvalue weighted by molar-refractivity contribution is 5.95. The SMILES string of the molecule is O=C(O)c1ccc(NC(=O)C2C3C4CCC(C4)C23)cn1. The monoisotopic (exact) mass is 272 g/mol. The Kier molecular flexibility index (Phi) is 2.40. The van der Waals surface area contributed by atoms with E-state index in [1.54, 1.807) is 6.07 Å². The molecule has 4 unspecified atom stereocenters. The lowest BCUT2D eigenvalue weighted by Gasteiger charge is -2.09. The molecule has 4 rings (SSSR count). The summed E-state index contributed by atoms with van der Waals surface area (Å²) >= 11 is 0. The molecular weight excluding hydrogens is 256 g/mol. The number of rotatable bonds is 3. The molecule has 1 aromatic heterocycles. The first kappa shape index (κ1) is 11.9. The third-order valence-corrected chi connectivity index (χ3v) is 5.29. The van der Waals surface area contributed by atoms with Gasteiger partial charge in [0.05, 0.1) is 11.9 Å². The second-order valence-corrected chi connectivity index (χ2v) is 6.24. The van der Waals surface area contributed by atoms with Gasteiger partial charge in [-0.15, -0.1) is 0 Å². The van der Waals surface area contributed by atoms with Crippen LogP contribution in [0.2, 0.25) is 0 Å². The molecule has 2 N–H and O–H groups in total. The summed E-state index contributed by atoms with van der Waals surface area (Å²) in [6.45, 7) is 0. The third kappa shape index (κ3) is 1.65. The van der Waals surface area contributed by atoms with Crippen LogP contribution in [0.1, 0.15) is 29.8 Å². The molecule has 4 atom stereocenters. The van der Waals surface area contributed by atoms with Crippen molar-refractivity contribution < 1.29 is 14.7 Å². The van der Waals surface area contributed by atoms with Crippen molar-refractivity contribution in [1.82, 2.24) is 4.98 Å². The van der Waals surface area contributed by atoms with Crippen LogP contribution < -0.4 is 5.32 Å².